The summed E-state index contributed by atoms with van der Waals surface area (Å²) in [4.78, 5) is 38.2. The van der Waals surface area contributed by atoms with Crippen LogP contribution in [0.5, 0.6) is 11.5 Å². The SMILES string of the molecule is COc1ccc2cc(C(=O)/C=C/c3ccc(OC(C)=O)c(-n4nc5ccccc5n4)c3)c(=O)oc2c1. The smallest absolute Gasteiger partial charge is 0.347 e. The summed E-state index contributed by atoms with van der Waals surface area (Å²) in [6.45, 7) is 1.30. The number of nitrogens with zero attached hydrogens (tertiary/aromatic N) is 3. The molecule has 0 saturated heterocycles. The molecule has 0 bridgehead atoms. The number of hydrogen-bond acceptors (Lipinski definition) is 8. The summed E-state index contributed by atoms with van der Waals surface area (Å²) in [5.74, 6) is -0.212. The highest BCUT2D eigenvalue weighted by Gasteiger charge is 2.14. The van der Waals surface area contributed by atoms with Gasteiger partial charge in [0.15, 0.2) is 11.5 Å². The Morgan fingerprint density at radius 1 is 0.972 bits per heavy atom. The van der Waals surface area contributed by atoms with Crippen LogP contribution in [-0.4, -0.2) is 33.9 Å². The summed E-state index contributed by atoms with van der Waals surface area (Å²) in [6.07, 6.45) is 2.82. The van der Waals surface area contributed by atoms with E-state index in [1.807, 2.05) is 24.3 Å². The van der Waals surface area contributed by atoms with E-state index in [1.54, 1.807) is 42.5 Å². The topological polar surface area (TPSA) is 114 Å². The summed E-state index contributed by atoms with van der Waals surface area (Å²) >= 11 is 0. The molecule has 178 valence electrons. The molecular formula is C27H19N3O6. The van der Waals surface area contributed by atoms with Gasteiger partial charge in [-0.2, -0.15) is 0 Å². The number of carbonyl (C=O) groups excluding carboxylic acids is 2. The number of benzene rings is 3. The zero-order valence-corrected chi connectivity index (χ0v) is 19.3. The molecule has 0 amide bonds. The molecule has 2 heterocycles. The van der Waals surface area contributed by atoms with Gasteiger partial charge in [-0.25, -0.2) is 4.79 Å². The van der Waals surface area contributed by atoms with Crippen LogP contribution in [0.2, 0.25) is 0 Å². The second-order valence-corrected chi connectivity index (χ2v) is 7.85. The summed E-state index contributed by atoms with van der Waals surface area (Å²) < 4.78 is 15.8. The Balaban J connectivity index is 1.49. The van der Waals surface area contributed by atoms with Crippen molar-refractivity contribution in [3.8, 4) is 17.2 Å². The van der Waals surface area contributed by atoms with Gasteiger partial charge in [0.25, 0.3) is 0 Å². The van der Waals surface area contributed by atoms with Crippen LogP contribution in [0.4, 0.5) is 0 Å². The zero-order chi connectivity index (χ0) is 25.2. The molecule has 0 N–H and O–H groups in total. The number of rotatable bonds is 6. The van der Waals surface area contributed by atoms with Crippen molar-refractivity contribution in [2.45, 2.75) is 6.92 Å². The molecule has 5 rings (SSSR count). The molecule has 0 aliphatic carbocycles. The highest BCUT2D eigenvalue weighted by molar-refractivity contribution is 6.07. The lowest BCUT2D eigenvalue weighted by Crippen LogP contribution is -2.12. The number of ether oxygens (including phenoxy) is 2. The van der Waals surface area contributed by atoms with Crippen molar-refractivity contribution in [3.05, 3.63) is 94.4 Å². The number of methoxy groups -OCH3 is 1. The van der Waals surface area contributed by atoms with Gasteiger partial charge in [0.1, 0.15) is 33.6 Å². The Kier molecular flexibility index (Phi) is 5.87. The average Bonchev–Trinajstić information content (AvgIpc) is 3.31. The summed E-state index contributed by atoms with van der Waals surface area (Å²) in [6, 6.07) is 18.8. The Morgan fingerprint density at radius 2 is 1.72 bits per heavy atom. The monoisotopic (exact) mass is 481 g/mol. The first-order valence-electron chi connectivity index (χ1n) is 10.9. The van der Waals surface area contributed by atoms with Gasteiger partial charge in [0, 0.05) is 18.4 Å². The fourth-order valence-corrected chi connectivity index (χ4v) is 3.65. The Morgan fingerprint density at radius 3 is 2.42 bits per heavy atom. The van der Waals surface area contributed by atoms with Crippen LogP contribution in [0, 0.1) is 0 Å². The van der Waals surface area contributed by atoms with E-state index in [-0.39, 0.29) is 11.3 Å². The first-order chi connectivity index (χ1) is 17.4. The van der Waals surface area contributed by atoms with E-state index < -0.39 is 17.4 Å². The predicted octanol–water partition coefficient (Wildman–Crippen LogP) is 4.36. The molecule has 0 aliphatic rings. The van der Waals surface area contributed by atoms with Gasteiger partial charge < -0.3 is 13.9 Å². The lowest BCUT2D eigenvalue weighted by atomic mass is 10.1. The van der Waals surface area contributed by atoms with Crippen LogP contribution < -0.4 is 15.1 Å². The molecule has 5 aromatic rings. The molecule has 9 nitrogen and oxygen atoms in total. The van der Waals surface area contributed by atoms with E-state index in [0.29, 0.717) is 39.0 Å². The predicted molar refractivity (Wildman–Crippen MR) is 133 cm³/mol. The van der Waals surface area contributed by atoms with Gasteiger partial charge in [0.2, 0.25) is 0 Å². The number of esters is 1. The molecule has 2 aromatic heterocycles. The number of allylic oxidation sites excluding steroid dienone is 1. The van der Waals surface area contributed by atoms with Gasteiger partial charge >= 0.3 is 11.6 Å². The lowest BCUT2D eigenvalue weighted by molar-refractivity contribution is -0.131. The van der Waals surface area contributed by atoms with E-state index in [1.165, 1.54) is 31.0 Å². The van der Waals surface area contributed by atoms with Gasteiger partial charge in [-0.3, -0.25) is 9.59 Å². The largest absolute Gasteiger partial charge is 0.497 e. The molecule has 0 spiro atoms. The molecule has 0 fully saturated rings. The maximum absolute atomic E-state index is 12.8. The standard InChI is InChI=1S/C27H19N3O6/c1-16(31)35-25-12-8-17(13-23(25)30-28-21-5-3-4-6-22(21)29-30)7-11-24(32)20-14-18-9-10-19(34-2)15-26(18)36-27(20)33/h3-15H,1-2H3/b11-7+. The Bertz CT molecular complexity index is 1700. The van der Waals surface area contributed by atoms with E-state index in [9.17, 15) is 14.4 Å². The molecule has 0 aliphatic heterocycles. The molecule has 36 heavy (non-hydrogen) atoms. The number of ketones is 1. The van der Waals surface area contributed by atoms with Crippen molar-refractivity contribution >= 4 is 39.8 Å². The summed E-state index contributed by atoms with van der Waals surface area (Å²) in [7, 11) is 1.51. The molecule has 9 heteroatoms. The van der Waals surface area contributed by atoms with Crippen LogP contribution >= 0.6 is 0 Å². The van der Waals surface area contributed by atoms with E-state index in [4.69, 9.17) is 13.9 Å². The maximum atomic E-state index is 12.8. The minimum absolute atomic E-state index is 0.0966. The Hall–Kier alpha value is -5.05. The van der Waals surface area contributed by atoms with Crippen LogP contribution in [0.25, 0.3) is 33.8 Å². The van der Waals surface area contributed by atoms with E-state index in [0.717, 1.165) is 0 Å². The maximum Gasteiger partial charge on any atom is 0.347 e. The molecular weight excluding hydrogens is 462 g/mol. The first kappa shape index (κ1) is 22.7. The molecule has 0 radical (unpaired) electrons. The van der Waals surface area contributed by atoms with Crippen molar-refractivity contribution in [2.75, 3.05) is 7.11 Å². The van der Waals surface area contributed by atoms with Gasteiger partial charge in [0.05, 0.1) is 7.11 Å². The quantitative estimate of drug-likeness (QED) is 0.116. The van der Waals surface area contributed by atoms with E-state index in [2.05, 4.69) is 10.2 Å². The lowest BCUT2D eigenvalue weighted by Gasteiger charge is -2.09. The van der Waals surface area contributed by atoms with Crippen molar-refractivity contribution in [2.24, 2.45) is 0 Å². The highest BCUT2D eigenvalue weighted by atomic mass is 16.5. The van der Waals surface area contributed by atoms with E-state index >= 15 is 0 Å². The third-order valence-electron chi connectivity index (χ3n) is 5.37. The highest BCUT2D eigenvalue weighted by Crippen LogP contribution is 2.26. The van der Waals surface area contributed by atoms with Crippen molar-refractivity contribution in [3.63, 3.8) is 0 Å². The molecule has 3 aromatic carbocycles. The Labute approximate surface area is 204 Å². The van der Waals surface area contributed by atoms with Crippen LogP contribution in [0.1, 0.15) is 22.8 Å². The molecule has 0 atom stereocenters. The minimum Gasteiger partial charge on any atom is -0.497 e. The van der Waals surface area contributed by atoms with Gasteiger partial charge in [-0.15, -0.1) is 15.0 Å². The number of aromatic nitrogens is 3. The molecule has 0 unspecified atom stereocenters. The first-order valence-corrected chi connectivity index (χ1v) is 10.9. The van der Waals surface area contributed by atoms with Gasteiger partial charge in [-0.05, 0) is 54.1 Å². The zero-order valence-electron chi connectivity index (χ0n) is 19.3. The van der Waals surface area contributed by atoms with Crippen molar-refractivity contribution in [1.29, 1.82) is 0 Å². The summed E-state index contributed by atoms with van der Waals surface area (Å²) in [5, 5.41) is 9.49. The fourth-order valence-electron chi connectivity index (χ4n) is 3.65. The number of carbonyl (C=O) groups is 2. The van der Waals surface area contributed by atoms with Crippen molar-refractivity contribution < 1.29 is 23.5 Å². The second-order valence-electron chi connectivity index (χ2n) is 7.85. The average molecular weight is 481 g/mol. The van der Waals surface area contributed by atoms with Gasteiger partial charge in [-0.1, -0.05) is 24.3 Å². The normalized spacial score (nSPS) is 11.3. The number of hydrogen-bond donors (Lipinski definition) is 0. The van der Waals surface area contributed by atoms with Crippen molar-refractivity contribution in [1.82, 2.24) is 15.0 Å². The second kappa shape index (κ2) is 9.30. The third kappa shape index (κ3) is 4.49. The minimum atomic E-state index is -0.747. The van der Waals surface area contributed by atoms with Crippen LogP contribution in [0.15, 0.2) is 82.0 Å². The fraction of sp³-hybridized carbons (Fsp3) is 0.0741. The molecule has 0 saturated carbocycles. The summed E-state index contributed by atoms with van der Waals surface area (Å²) in [5.41, 5.74) is 1.83. The van der Waals surface area contributed by atoms with Crippen LogP contribution in [0.3, 0.4) is 0 Å². The number of fused-ring (bicyclic) bond motifs is 2. The third-order valence-corrected chi connectivity index (χ3v) is 5.37. The van der Waals surface area contributed by atoms with Crippen LogP contribution in [-0.2, 0) is 4.79 Å².